The first-order chi connectivity index (χ1) is 13.5. The molecule has 0 N–H and O–H groups in total. The van der Waals surface area contributed by atoms with E-state index in [0.717, 1.165) is 24.9 Å². The van der Waals surface area contributed by atoms with Gasteiger partial charge in [0, 0.05) is 37.3 Å². The van der Waals surface area contributed by atoms with Gasteiger partial charge in [0.1, 0.15) is 17.9 Å². The van der Waals surface area contributed by atoms with Crippen molar-refractivity contribution in [1.82, 2.24) is 9.80 Å². The van der Waals surface area contributed by atoms with Crippen LogP contribution in [0.15, 0.2) is 48.5 Å². The van der Waals surface area contributed by atoms with Crippen LogP contribution in [0.4, 0.5) is 4.39 Å². The highest BCUT2D eigenvalue weighted by Crippen LogP contribution is 2.19. The summed E-state index contributed by atoms with van der Waals surface area (Å²) in [5.74, 6) is 0.274. The van der Waals surface area contributed by atoms with Crippen molar-refractivity contribution in [3.05, 3.63) is 65.5 Å². The van der Waals surface area contributed by atoms with Gasteiger partial charge in [-0.2, -0.15) is 0 Å². The fraction of sp³-hybridized carbons (Fsp3) is 0.364. The van der Waals surface area contributed by atoms with E-state index in [-0.39, 0.29) is 30.4 Å². The summed E-state index contributed by atoms with van der Waals surface area (Å²) in [7, 11) is 0. The number of carbonyl (C=O) groups excluding carboxylic acids is 2. The number of amides is 1. The van der Waals surface area contributed by atoms with Gasteiger partial charge in [-0.25, -0.2) is 4.39 Å². The molecule has 1 heterocycles. The molecule has 0 spiro atoms. The molecule has 1 aliphatic rings. The molecule has 2 aromatic carbocycles. The van der Waals surface area contributed by atoms with E-state index in [1.807, 2.05) is 11.8 Å². The Kier molecular flexibility index (Phi) is 6.41. The highest BCUT2D eigenvalue weighted by Gasteiger charge is 2.32. The summed E-state index contributed by atoms with van der Waals surface area (Å²) in [5, 5.41) is 0. The maximum atomic E-state index is 13.1. The molecule has 0 bridgehead atoms. The Morgan fingerprint density at radius 2 is 1.75 bits per heavy atom. The summed E-state index contributed by atoms with van der Waals surface area (Å²) < 4.78 is 18.7. The van der Waals surface area contributed by atoms with Crippen molar-refractivity contribution >= 4 is 12.2 Å². The molecule has 2 aromatic rings. The molecule has 1 saturated heterocycles. The van der Waals surface area contributed by atoms with Crippen LogP contribution < -0.4 is 4.74 Å². The van der Waals surface area contributed by atoms with E-state index >= 15 is 0 Å². The fourth-order valence-corrected chi connectivity index (χ4v) is 3.46. The molecular weight excluding hydrogens is 359 g/mol. The Labute approximate surface area is 164 Å². The second kappa shape index (κ2) is 8.97. The van der Waals surface area contributed by atoms with E-state index in [1.165, 1.54) is 12.1 Å². The highest BCUT2D eigenvalue weighted by molar-refractivity contribution is 5.78. The van der Waals surface area contributed by atoms with Gasteiger partial charge in [0.05, 0.1) is 0 Å². The Morgan fingerprint density at radius 1 is 1.07 bits per heavy atom. The van der Waals surface area contributed by atoms with E-state index in [2.05, 4.69) is 11.8 Å². The zero-order chi connectivity index (χ0) is 20.1. The maximum Gasteiger partial charge on any atom is 0.260 e. The number of piperazine rings is 1. The third-order valence-electron chi connectivity index (χ3n) is 5.11. The van der Waals surface area contributed by atoms with Crippen molar-refractivity contribution in [2.75, 3.05) is 19.7 Å². The molecule has 0 aliphatic carbocycles. The second-order valence-electron chi connectivity index (χ2n) is 7.28. The number of nitrogens with zero attached hydrogens (tertiary/aromatic N) is 2. The molecular formula is C22H25FN2O3. The summed E-state index contributed by atoms with van der Waals surface area (Å²) >= 11 is 0. The van der Waals surface area contributed by atoms with Crippen LogP contribution in [0.1, 0.15) is 29.8 Å². The average molecular weight is 384 g/mol. The Morgan fingerprint density at radius 3 is 2.39 bits per heavy atom. The van der Waals surface area contributed by atoms with Crippen molar-refractivity contribution in [3.63, 3.8) is 0 Å². The van der Waals surface area contributed by atoms with Crippen LogP contribution >= 0.6 is 0 Å². The van der Waals surface area contributed by atoms with Crippen LogP contribution in [0.25, 0.3) is 0 Å². The van der Waals surface area contributed by atoms with Gasteiger partial charge < -0.3 is 9.64 Å². The number of aldehydes is 1. The van der Waals surface area contributed by atoms with Crippen LogP contribution in [0.2, 0.25) is 0 Å². The van der Waals surface area contributed by atoms with Crippen LogP contribution in [0.3, 0.4) is 0 Å². The number of hydrogen-bond acceptors (Lipinski definition) is 4. The van der Waals surface area contributed by atoms with E-state index in [0.29, 0.717) is 17.9 Å². The monoisotopic (exact) mass is 384 g/mol. The Hall–Kier alpha value is -2.73. The van der Waals surface area contributed by atoms with E-state index in [1.54, 1.807) is 36.4 Å². The van der Waals surface area contributed by atoms with Crippen molar-refractivity contribution in [1.29, 1.82) is 0 Å². The molecule has 0 aromatic heterocycles. The van der Waals surface area contributed by atoms with Crippen molar-refractivity contribution in [2.45, 2.75) is 32.5 Å². The molecule has 0 saturated carbocycles. The molecule has 1 aliphatic heterocycles. The molecule has 5 nitrogen and oxygen atoms in total. The summed E-state index contributed by atoms with van der Waals surface area (Å²) in [6, 6.07) is 13.5. The van der Waals surface area contributed by atoms with E-state index in [9.17, 15) is 14.0 Å². The molecule has 1 fully saturated rings. The minimum Gasteiger partial charge on any atom is -0.484 e. The van der Waals surface area contributed by atoms with Gasteiger partial charge in [-0.3, -0.25) is 14.5 Å². The van der Waals surface area contributed by atoms with Gasteiger partial charge in [-0.05, 0) is 55.8 Å². The molecule has 148 valence electrons. The first kappa shape index (κ1) is 20.0. The number of carbonyl (C=O) groups is 2. The predicted octanol–water partition coefficient (Wildman–Crippen LogP) is 3.14. The van der Waals surface area contributed by atoms with Crippen molar-refractivity contribution in [3.8, 4) is 5.75 Å². The van der Waals surface area contributed by atoms with Crippen LogP contribution in [-0.4, -0.2) is 53.8 Å². The van der Waals surface area contributed by atoms with Gasteiger partial charge in [-0.1, -0.05) is 12.1 Å². The number of ether oxygens (including phenoxy) is 1. The SMILES string of the molecule is CC1CN(C(=O)COc2ccc(C=O)cc2)C(C)CN1Cc1ccc(F)cc1. The third kappa shape index (κ3) is 4.95. The van der Waals surface area contributed by atoms with Gasteiger partial charge in [0.2, 0.25) is 0 Å². The lowest BCUT2D eigenvalue weighted by Crippen LogP contribution is -2.58. The number of halogens is 1. The lowest BCUT2D eigenvalue weighted by molar-refractivity contribution is -0.139. The highest BCUT2D eigenvalue weighted by atomic mass is 19.1. The van der Waals surface area contributed by atoms with Crippen LogP contribution in [-0.2, 0) is 11.3 Å². The van der Waals surface area contributed by atoms with Crippen molar-refractivity contribution in [2.24, 2.45) is 0 Å². The van der Waals surface area contributed by atoms with Crippen LogP contribution in [0, 0.1) is 5.82 Å². The van der Waals surface area contributed by atoms with Gasteiger partial charge >= 0.3 is 0 Å². The molecule has 3 rings (SSSR count). The summed E-state index contributed by atoms with van der Waals surface area (Å²) in [6.45, 7) is 6.19. The minimum absolute atomic E-state index is 0.0323. The van der Waals surface area contributed by atoms with Crippen LogP contribution in [0.5, 0.6) is 5.75 Å². The first-order valence-electron chi connectivity index (χ1n) is 9.42. The van der Waals surface area contributed by atoms with E-state index < -0.39 is 0 Å². The molecule has 2 atom stereocenters. The van der Waals surface area contributed by atoms with E-state index in [4.69, 9.17) is 4.74 Å². The Balaban J connectivity index is 1.54. The molecule has 28 heavy (non-hydrogen) atoms. The number of rotatable bonds is 6. The third-order valence-corrected chi connectivity index (χ3v) is 5.11. The topological polar surface area (TPSA) is 49.9 Å². The summed E-state index contributed by atoms with van der Waals surface area (Å²) in [5.41, 5.74) is 1.63. The molecule has 0 radical (unpaired) electrons. The summed E-state index contributed by atoms with van der Waals surface area (Å²) in [6.07, 6.45) is 0.767. The average Bonchev–Trinajstić information content (AvgIpc) is 2.70. The second-order valence-corrected chi connectivity index (χ2v) is 7.28. The zero-order valence-corrected chi connectivity index (χ0v) is 16.2. The number of benzene rings is 2. The van der Waals surface area contributed by atoms with Gasteiger partial charge in [0.15, 0.2) is 6.61 Å². The lowest BCUT2D eigenvalue weighted by Gasteiger charge is -2.44. The Bertz CT molecular complexity index is 808. The fourth-order valence-electron chi connectivity index (χ4n) is 3.46. The predicted molar refractivity (Wildman–Crippen MR) is 105 cm³/mol. The lowest BCUT2D eigenvalue weighted by atomic mass is 10.1. The largest absolute Gasteiger partial charge is 0.484 e. The first-order valence-corrected chi connectivity index (χ1v) is 9.42. The maximum absolute atomic E-state index is 13.1. The summed E-state index contributed by atoms with van der Waals surface area (Å²) in [4.78, 5) is 27.5. The standard InChI is InChI=1S/C22H25FN2O3/c1-16-12-25(22(27)15-28-21-9-5-19(14-26)6-10-21)17(2)11-24(16)13-18-3-7-20(23)8-4-18/h3-10,14,16-17H,11-13,15H2,1-2H3. The number of hydrogen-bond donors (Lipinski definition) is 0. The van der Waals surface area contributed by atoms with Gasteiger partial charge in [-0.15, -0.1) is 0 Å². The molecule has 1 amide bonds. The quantitative estimate of drug-likeness (QED) is 0.718. The minimum atomic E-state index is -0.235. The smallest absolute Gasteiger partial charge is 0.260 e. The van der Waals surface area contributed by atoms with Gasteiger partial charge in [0.25, 0.3) is 5.91 Å². The normalized spacial score (nSPS) is 20.0. The molecule has 2 unspecified atom stereocenters. The zero-order valence-electron chi connectivity index (χ0n) is 16.2. The van der Waals surface area contributed by atoms with Crippen molar-refractivity contribution < 1.29 is 18.7 Å². The molecule has 6 heteroatoms.